The molecule has 0 spiro atoms. The Bertz CT molecular complexity index is 1420. The molecule has 0 bridgehead atoms. The lowest BCUT2D eigenvalue weighted by atomic mass is 10.1. The van der Waals surface area contributed by atoms with Gasteiger partial charge in [-0.15, -0.1) is 0 Å². The number of benzene rings is 2. The highest BCUT2D eigenvalue weighted by Crippen LogP contribution is 2.23. The fourth-order valence-electron chi connectivity index (χ4n) is 3.29. The number of hydrogen-bond acceptors (Lipinski definition) is 7. The first-order valence-electron chi connectivity index (χ1n) is 9.41. The molecule has 5 aromatic rings. The van der Waals surface area contributed by atoms with Gasteiger partial charge in [-0.25, -0.2) is 14.5 Å². The Labute approximate surface area is 175 Å². The predicted molar refractivity (Wildman–Crippen MR) is 111 cm³/mol. The molecule has 0 saturated heterocycles. The van der Waals surface area contributed by atoms with Gasteiger partial charge in [0.1, 0.15) is 23.4 Å². The molecule has 0 radical (unpaired) electrons. The minimum atomic E-state index is -1.12. The van der Waals surface area contributed by atoms with Gasteiger partial charge in [0.15, 0.2) is 0 Å². The van der Waals surface area contributed by atoms with Crippen molar-refractivity contribution in [1.82, 2.24) is 29.5 Å². The first-order chi connectivity index (χ1) is 15.1. The fourth-order valence-corrected chi connectivity index (χ4v) is 3.29. The van der Waals surface area contributed by atoms with Crippen molar-refractivity contribution in [3.05, 3.63) is 66.6 Å². The van der Waals surface area contributed by atoms with Crippen LogP contribution in [0.3, 0.4) is 0 Å². The Hall–Kier alpha value is -4.47. The SMILES string of the molecule is O=C(O)c1cnn(-c2nc(O)c3c(cnn3CCOc3ccc4ccccc4c3)n2)c1. The second kappa shape index (κ2) is 7.41. The van der Waals surface area contributed by atoms with Crippen molar-refractivity contribution in [3.8, 4) is 17.6 Å². The van der Waals surface area contributed by atoms with Gasteiger partial charge in [0.05, 0.1) is 24.5 Å². The molecule has 0 atom stereocenters. The van der Waals surface area contributed by atoms with Gasteiger partial charge in [0.25, 0.3) is 5.95 Å². The van der Waals surface area contributed by atoms with Crippen LogP contribution < -0.4 is 4.74 Å². The maximum atomic E-state index is 11.0. The second-order valence-electron chi connectivity index (χ2n) is 6.78. The second-order valence-corrected chi connectivity index (χ2v) is 6.78. The van der Waals surface area contributed by atoms with Gasteiger partial charge in [-0.05, 0) is 22.9 Å². The van der Waals surface area contributed by atoms with E-state index in [4.69, 9.17) is 9.84 Å². The van der Waals surface area contributed by atoms with Crippen molar-refractivity contribution < 1.29 is 19.7 Å². The molecule has 2 N–H and O–H groups in total. The number of carbonyl (C=O) groups is 1. The summed E-state index contributed by atoms with van der Waals surface area (Å²) in [6, 6.07) is 13.9. The van der Waals surface area contributed by atoms with Gasteiger partial charge in [-0.3, -0.25) is 4.68 Å². The monoisotopic (exact) mass is 416 g/mol. The largest absolute Gasteiger partial charge is 0.492 e. The summed E-state index contributed by atoms with van der Waals surface area (Å²) < 4.78 is 8.58. The zero-order valence-corrected chi connectivity index (χ0v) is 16.1. The minimum absolute atomic E-state index is 0.00952. The third-order valence-corrected chi connectivity index (χ3v) is 4.79. The normalized spacial score (nSPS) is 11.2. The van der Waals surface area contributed by atoms with Crippen LogP contribution in [-0.4, -0.2) is 52.3 Å². The number of carboxylic acids is 1. The average Bonchev–Trinajstić information content (AvgIpc) is 3.42. The number of ether oxygens (including phenoxy) is 1. The maximum Gasteiger partial charge on any atom is 0.338 e. The molecule has 10 heteroatoms. The van der Waals surface area contributed by atoms with Gasteiger partial charge >= 0.3 is 5.97 Å². The summed E-state index contributed by atoms with van der Waals surface area (Å²) in [5.41, 5.74) is 0.752. The molecule has 0 aliphatic rings. The van der Waals surface area contributed by atoms with Crippen LogP contribution in [0, 0.1) is 0 Å². The Kier molecular flexibility index (Phi) is 4.43. The number of aromatic carboxylic acids is 1. The van der Waals surface area contributed by atoms with Crippen LogP contribution in [0.15, 0.2) is 61.1 Å². The van der Waals surface area contributed by atoms with E-state index < -0.39 is 5.97 Å². The molecule has 3 aromatic heterocycles. The van der Waals surface area contributed by atoms with Gasteiger partial charge in [-0.1, -0.05) is 30.3 Å². The van der Waals surface area contributed by atoms with E-state index in [0.29, 0.717) is 24.2 Å². The molecule has 3 heterocycles. The molecule has 0 unspecified atom stereocenters. The Morgan fingerprint density at radius 3 is 2.68 bits per heavy atom. The molecule has 10 nitrogen and oxygen atoms in total. The van der Waals surface area contributed by atoms with E-state index in [9.17, 15) is 9.90 Å². The smallest absolute Gasteiger partial charge is 0.338 e. The quantitative estimate of drug-likeness (QED) is 0.432. The van der Waals surface area contributed by atoms with E-state index in [1.165, 1.54) is 23.3 Å². The van der Waals surface area contributed by atoms with Crippen molar-refractivity contribution in [2.24, 2.45) is 0 Å². The highest BCUT2D eigenvalue weighted by atomic mass is 16.5. The minimum Gasteiger partial charge on any atom is -0.492 e. The van der Waals surface area contributed by atoms with E-state index in [-0.39, 0.29) is 17.4 Å². The van der Waals surface area contributed by atoms with Crippen LogP contribution in [0.5, 0.6) is 11.6 Å². The molecule has 0 saturated carbocycles. The fraction of sp³-hybridized carbons (Fsp3) is 0.0952. The molecule has 154 valence electrons. The summed E-state index contributed by atoms with van der Waals surface area (Å²) in [5, 5.41) is 29.9. The summed E-state index contributed by atoms with van der Waals surface area (Å²) in [5.74, 6) is -0.610. The van der Waals surface area contributed by atoms with Crippen molar-refractivity contribution in [3.63, 3.8) is 0 Å². The van der Waals surface area contributed by atoms with Crippen LogP contribution in [0.1, 0.15) is 10.4 Å². The van der Waals surface area contributed by atoms with Gasteiger partial charge in [-0.2, -0.15) is 15.2 Å². The Balaban J connectivity index is 1.34. The standard InChI is InChI=1S/C21H16N6O4/c28-19-18-17(24-21(25-19)27-12-15(10-22-27)20(29)30)11-23-26(18)7-8-31-16-6-5-13-3-1-2-4-14(13)9-16/h1-6,9-12H,7-8H2,(H,29,30)(H,24,25,28). The topological polar surface area (TPSA) is 128 Å². The van der Waals surface area contributed by atoms with Gasteiger partial charge in [0, 0.05) is 6.20 Å². The molecular formula is C21H16N6O4. The summed E-state index contributed by atoms with van der Waals surface area (Å²) in [7, 11) is 0. The van der Waals surface area contributed by atoms with E-state index in [0.717, 1.165) is 16.5 Å². The lowest BCUT2D eigenvalue weighted by Gasteiger charge is -2.09. The van der Waals surface area contributed by atoms with Crippen LogP contribution in [0.4, 0.5) is 0 Å². The molecule has 31 heavy (non-hydrogen) atoms. The Morgan fingerprint density at radius 2 is 1.87 bits per heavy atom. The number of rotatable bonds is 6. The number of nitrogens with zero attached hydrogens (tertiary/aromatic N) is 6. The zero-order valence-electron chi connectivity index (χ0n) is 16.1. The molecule has 0 amide bonds. The lowest BCUT2D eigenvalue weighted by Crippen LogP contribution is -2.10. The number of fused-ring (bicyclic) bond motifs is 2. The number of aromatic hydroxyl groups is 1. The van der Waals surface area contributed by atoms with Gasteiger partial charge in [0.2, 0.25) is 5.88 Å². The van der Waals surface area contributed by atoms with Crippen LogP contribution >= 0.6 is 0 Å². The van der Waals surface area contributed by atoms with Crippen molar-refractivity contribution in [2.75, 3.05) is 6.61 Å². The molecule has 0 aliphatic carbocycles. The summed E-state index contributed by atoms with van der Waals surface area (Å²) in [4.78, 5) is 19.4. The number of hydrogen-bond donors (Lipinski definition) is 2. The number of aromatic nitrogens is 6. The third-order valence-electron chi connectivity index (χ3n) is 4.79. The summed E-state index contributed by atoms with van der Waals surface area (Å²) >= 11 is 0. The molecule has 0 fully saturated rings. The van der Waals surface area contributed by atoms with Gasteiger partial charge < -0.3 is 14.9 Å². The summed E-state index contributed by atoms with van der Waals surface area (Å²) in [6.45, 7) is 0.703. The van der Waals surface area contributed by atoms with Crippen molar-refractivity contribution in [2.45, 2.75) is 6.54 Å². The summed E-state index contributed by atoms with van der Waals surface area (Å²) in [6.07, 6.45) is 3.95. The number of carboxylic acid groups (broad SMARTS) is 1. The Morgan fingerprint density at radius 1 is 1.03 bits per heavy atom. The van der Waals surface area contributed by atoms with Crippen molar-refractivity contribution in [1.29, 1.82) is 0 Å². The van der Waals surface area contributed by atoms with E-state index >= 15 is 0 Å². The van der Waals surface area contributed by atoms with E-state index in [1.807, 2.05) is 42.5 Å². The van der Waals surface area contributed by atoms with E-state index in [2.05, 4.69) is 20.2 Å². The van der Waals surface area contributed by atoms with E-state index in [1.54, 1.807) is 4.68 Å². The molecule has 5 rings (SSSR count). The highest BCUT2D eigenvalue weighted by Gasteiger charge is 2.16. The lowest BCUT2D eigenvalue weighted by molar-refractivity contribution is 0.0697. The molecule has 0 aliphatic heterocycles. The first kappa shape index (κ1) is 18.6. The third kappa shape index (κ3) is 3.50. The molecular weight excluding hydrogens is 400 g/mol. The van der Waals surface area contributed by atoms with Crippen LogP contribution in [0.25, 0.3) is 27.8 Å². The zero-order chi connectivity index (χ0) is 21.4. The highest BCUT2D eigenvalue weighted by molar-refractivity contribution is 5.87. The average molecular weight is 416 g/mol. The first-order valence-corrected chi connectivity index (χ1v) is 9.41. The van der Waals surface area contributed by atoms with Crippen LogP contribution in [0.2, 0.25) is 0 Å². The van der Waals surface area contributed by atoms with Crippen LogP contribution in [-0.2, 0) is 6.54 Å². The molecule has 2 aromatic carbocycles. The predicted octanol–water partition coefficient (Wildman–Crippen LogP) is 2.65. The maximum absolute atomic E-state index is 11.0. The van der Waals surface area contributed by atoms with Crippen molar-refractivity contribution >= 4 is 27.8 Å².